The SMILES string of the molecule is Cc1ccsc1C(N)CC1CCCN(S(C)(=O)=O)C1. The molecule has 19 heavy (non-hydrogen) atoms. The lowest BCUT2D eigenvalue weighted by Gasteiger charge is -2.32. The summed E-state index contributed by atoms with van der Waals surface area (Å²) in [5.41, 5.74) is 7.51. The van der Waals surface area contributed by atoms with Crippen LogP contribution in [0.1, 0.15) is 35.7 Å². The van der Waals surface area contributed by atoms with Gasteiger partial charge in [0.05, 0.1) is 6.26 Å². The molecule has 0 bridgehead atoms. The number of hydrogen-bond donors (Lipinski definition) is 1. The predicted molar refractivity (Wildman–Crippen MR) is 79.7 cm³/mol. The lowest BCUT2D eigenvalue weighted by molar-refractivity contribution is 0.247. The first-order valence-electron chi connectivity index (χ1n) is 6.62. The molecule has 6 heteroatoms. The van der Waals surface area contributed by atoms with E-state index in [-0.39, 0.29) is 6.04 Å². The number of thiophene rings is 1. The fraction of sp³-hybridized carbons (Fsp3) is 0.692. The van der Waals surface area contributed by atoms with E-state index in [0.29, 0.717) is 19.0 Å². The third kappa shape index (κ3) is 3.78. The highest BCUT2D eigenvalue weighted by Gasteiger charge is 2.27. The average Bonchev–Trinajstić information content (AvgIpc) is 2.75. The number of piperidine rings is 1. The molecule has 1 aromatic rings. The second kappa shape index (κ2) is 5.91. The molecule has 0 amide bonds. The van der Waals surface area contributed by atoms with Crippen molar-refractivity contribution in [3.8, 4) is 0 Å². The molecule has 0 spiro atoms. The Bertz CT molecular complexity index is 525. The van der Waals surface area contributed by atoms with Gasteiger partial charge in [0, 0.05) is 24.0 Å². The molecule has 1 saturated heterocycles. The summed E-state index contributed by atoms with van der Waals surface area (Å²) in [5, 5.41) is 2.06. The van der Waals surface area contributed by atoms with Gasteiger partial charge in [-0.15, -0.1) is 11.3 Å². The van der Waals surface area contributed by atoms with Gasteiger partial charge in [0.1, 0.15) is 0 Å². The Labute approximate surface area is 119 Å². The number of nitrogens with two attached hydrogens (primary N) is 1. The maximum absolute atomic E-state index is 11.6. The highest BCUT2D eigenvalue weighted by molar-refractivity contribution is 7.88. The van der Waals surface area contributed by atoms with Crippen LogP contribution in [0, 0.1) is 12.8 Å². The van der Waals surface area contributed by atoms with Crippen LogP contribution in [0.15, 0.2) is 11.4 Å². The van der Waals surface area contributed by atoms with Crippen molar-refractivity contribution in [2.24, 2.45) is 11.7 Å². The van der Waals surface area contributed by atoms with Gasteiger partial charge in [-0.2, -0.15) is 0 Å². The van der Waals surface area contributed by atoms with E-state index in [1.54, 1.807) is 15.6 Å². The summed E-state index contributed by atoms with van der Waals surface area (Å²) in [6.07, 6.45) is 4.17. The summed E-state index contributed by atoms with van der Waals surface area (Å²) < 4.78 is 24.8. The molecule has 2 rings (SSSR count). The van der Waals surface area contributed by atoms with Crippen molar-refractivity contribution >= 4 is 21.4 Å². The monoisotopic (exact) mass is 302 g/mol. The Morgan fingerprint density at radius 3 is 2.89 bits per heavy atom. The van der Waals surface area contributed by atoms with E-state index < -0.39 is 10.0 Å². The van der Waals surface area contributed by atoms with Crippen molar-refractivity contribution in [2.75, 3.05) is 19.3 Å². The number of nitrogens with zero attached hydrogens (tertiary/aromatic N) is 1. The molecule has 4 nitrogen and oxygen atoms in total. The number of aryl methyl sites for hydroxylation is 1. The molecule has 2 heterocycles. The molecule has 2 unspecified atom stereocenters. The van der Waals surface area contributed by atoms with E-state index in [2.05, 4.69) is 18.4 Å². The van der Waals surface area contributed by atoms with Crippen LogP contribution in [-0.4, -0.2) is 32.1 Å². The lowest BCUT2D eigenvalue weighted by Crippen LogP contribution is -2.40. The molecular weight excluding hydrogens is 280 g/mol. The minimum atomic E-state index is -3.06. The second-order valence-electron chi connectivity index (χ2n) is 5.44. The zero-order valence-corrected chi connectivity index (χ0v) is 13.1. The molecule has 0 radical (unpaired) electrons. The molecule has 1 aliphatic heterocycles. The molecule has 1 aliphatic rings. The van der Waals surface area contributed by atoms with E-state index >= 15 is 0 Å². The highest BCUT2D eigenvalue weighted by Crippen LogP contribution is 2.30. The van der Waals surface area contributed by atoms with Gasteiger partial charge in [-0.1, -0.05) is 0 Å². The molecule has 2 atom stereocenters. The third-order valence-electron chi connectivity index (χ3n) is 3.78. The fourth-order valence-electron chi connectivity index (χ4n) is 2.75. The Kier molecular flexibility index (Phi) is 4.66. The first kappa shape index (κ1) is 15.0. The van der Waals surface area contributed by atoms with Crippen molar-refractivity contribution < 1.29 is 8.42 Å². The largest absolute Gasteiger partial charge is 0.323 e. The summed E-state index contributed by atoms with van der Waals surface area (Å²) in [7, 11) is -3.06. The topological polar surface area (TPSA) is 63.4 Å². The van der Waals surface area contributed by atoms with Crippen molar-refractivity contribution in [2.45, 2.75) is 32.2 Å². The summed E-state index contributed by atoms with van der Waals surface area (Å²) in [6.45, 7) is 3.36. The third-order valence-corrected chi connectivity index (χ3v) is 6.20. The van der Waals surface area contributed by atoms with Gasteiger partial charge < -0.3 is 5.73 Å². The van der Waals surface area contributed by atoms with E-state index in [9.17, 15) is 8.42 Å². The smallest absolute Gasteiger partial charge is 0.211 e. The van der Waals surface area contributed by atoms with Crippen LogP contribution in [0.5, 0.6) is 0 Å². The fourth-order valence-corrected chi connectivity index (χ4v) is 4.64. The summed E-state index contributed by atoms with van der Waals surface area (Å²) in [5.74, 6) is 0.375. The summed E-state index contributed by atoms with van der Waals surface area (Å²) in [6, 6.07) is 2.12. The number of hydrogen-bond acceptors (Lipinski definition) is 4. The highest BCUT2D eigenvalue weighted by atomic mass is 32.2. The van der Waals surface area contributed by atoms with Crippen LogP contribution in [-0.2, 0) is 10.0 Å². The van der Waals surface area contributed by atoms with Crippen LogP contribution in [0.4, 0.5) is 0 Å². The van der Waals surface area contributed by atoms with Crippen LogP contribution < -0.4 is 5.73 Å². The molecule has 2 N–H and O–H groups in total. The van der Waals surface area contributed by atoms with E-state index in [4.69, 9.17) is 5.73 Å². The van der Waals surface area contributed by atoms with Crippen molar-refractivity contribution in [3.63, 3.8) is 0 Å². The number of sulfonamides is 1. The van der Waals surface area contributed by atoms with Gasteiger partial charge in [-0.05, 0) is 49.1 Å². The first-order valence-corrected chi connectivity index (χ1v) is 9.35. The maximum Gasteiger partial charge on any atom is 0.211 e. The van der Waals surface area contributed by atoms with Crippen LogP contribution in [0.3, 0.4) is 0 Å². The van der Waals surface area contributed by atoms with E-state index in [0.717, 1.165) is 19.3 Å². The second-order valence-corrected chi connectivity index (χ2v) is 8.37. The van der Waals surface area contributed by atoms with Crippen molar-refractivity contribution in [1.29, 1.82) is 0 Å². The molecule has 1 fully saturated rings. The molecule has 1 aromatic heterocycles. The Balaban J connectivity index is 1.98. The Morgan fingerprint density at radius 1 is 1.58 bits per heavy atom. The average molecular weight is 302 g/mol. The molecule has 0 aliphatic carbocycles. The van der Waals surface area contributed by atoms with Gasteiger partial charge in [0.15, 0.2) is 0 Å². The molecule has 108 valence electrons. The van der Waals surface area contributed by atoms with Crippen LogP contribution in [0.25, 0.3) is 0 Å². The van der Waals surface area contributed by atoms with E-state index in [1.807, 2.05) is 0 Å². The zero-order valence-electron chi connectivity index (χ0n) is 11.5. The molecular formula is C13H22N2O2S2. The van der Waals surface area contributed by atoms with Crippen LogP contribution >= 0.6 is 11.3 Å². The first-order chi connectivity index (χ1) is 8.88. The van der Waals surface area contributed by atoms with E-state index in [1.165, 1.54) is 16.7 Å². The summed E-state index contributed by atoms with van der Waals surface area (Å²) in [4.78, 5) is 1.23. The van der Waals surface area contributed by atoms with Crippen molar-refractivity contribution in [1.82, 2.24) is 4.31 Å². The number of rotatable bonds is 4. The van der Waals surface area contributed by atoms with Gasteiger partial charge >= 0.3 is 0 Å². The van der Waals surface area contributed by atoms with Crippen molar-refractivity contribution in [3.05, 3.63) is 21.9 Å². The molecule has 0 saturated carbocycles. The normalized spacial score (nSPS) is 23.4. The minimum Gasteiger partial charge on any atom is -0.323 e. The zero-order chi connectivity index (χ0) is 14.0. The van der Waals surface area contributed by atoms with Gasteiger partial charge in [0.2, 0.25) is 10.0 Å². The predicted octanol–water partition coefficient (Wildman–Crippen LogP) is 2.12. The van der Waals surface area contributed by atoms with Gasteiger partial charge in [-0.25, -0.2) is 12.7 Å². The van der Waals surface area contributed by atoms with Gasteiger partial charge in [0.25, 0.3) is 0 Å². The minimum absolute atomic E-state index is 0.0320. The Morgan fingerprint density at radius 2 is 2.32 bits per heavy atom. The van der Waals surface area contributed by atoms with Crippen LogP contribution in [0.2, 0.25) is 0 Å². The lowest BCUT2D eigenvalue weighted by atomic mass is 9.91. The Hall–Kier alpha value is -0.430. The standard InChI is InChI=1S/C13H22N2O2S2/c1-10-5-7-18-13(10)12(14)8-11-4-3-6-15(9-11)19(2,16)17/h5,7,11-12H,3-4,6,8-9,14H2,1-2H3. The maximum atomic E-state index is 11.6. The van der Waals surface area contributed by atoms with Gasteiger partial charge in [-0.3, -0.25) is 0 Å². The summed E-state index contributed by atoms with van der Waals surface area (Å²) >= 11 is 1.70. The quantitative estimate of drug-likeness (QED) is 0.926. The molecule has 0 aromatic carbocycles.